The highest BCUT2D eigenvalue weighted by atomic mass is 32.2. The molecule has 2 aromatic rings. The monoisotopic (exact) mass is 291 g/mol. The standard InChI is InChI=1S/C14H17N3O2S/c1-3-19-14-8-13(16-10-17-14)15-9-11-4-6-12(7-5-11)20(2)18/h4-8,10H,3,9H2,1-2H3,(H,15,16,17)/t20-/m0/s1. The van der Waals surface area contributed by atoms with E-state index in [1.54, 1.807) is 12.3 Å². The Kier molecular flexibility index (Phi) is 5.06. The van der Waals surface area contributed by atoms with Crippen molar-refractivity contribution in [2.45, 2.75) is 18.4 Å². The van der Waals surface area contributed by atoms with E-state index in [9.17, 15) is 4.21 Å². The molecule has 5 nitrogen and oxygen atoms in total. The lowest BCUT2D eigenvalue weighted by Crippen LogP contribution is -2.03. The summed E-state index contributed by atoms with van der Waals surface area (Å²) in [4.78, 5) is 8.97. The third-order valence-electron chi connectivity index (χ3n) is 2.66. The van der Waals surface area contributed by atoms with Gasteiger partial charge in [0, 0.05) is 34.6 Å². The number of nitrogens with one attached hydrogen (secondary N) is 1. The van der Waals surface area contributed by atoms with E-state index in [-0.39, 0.29) is 0 Å². The fourth-order valence-corrected chi connectivity index (χ4v) is 2.17. The summed E-state index contributed by atoms with van der Waals surface area (Å²) < 4.78 is 16.6. The van der Waals surface area contributed by atoms with Gasteiger partial charge >= 0.3 is 0 Å². The summed E-state index contributed by atoms with van der Waals surface area (Å²) in [5, 5.41) is 3.20. The fraction of sp³-hybridized carbons (Fsp3) is 0.286. The second-order valence-electron chi connectivity index (χ2n) is 4.13. The predicted octanol–water partition coefficient (Wildman–Crippen LogP) is 2.22. The van der Waals surface area contributed by atoms with E-state index in [0.29, 0.717) is 24.8 Å². The molecule has 1 aromatic carbocycles. The van der Waals surface area contributed by atoms with Gasteiger partial charge in [0.25, 0.3) is 0 Å². The zero-order chi connectivity index (χ0) is 14.4. The van der Waals surface area contributed by atoms with Crippen molar-refractivity contribution in [2.75, 3.05) is 18.2 Å². The molecule has 0 aliphatic heterocycles. The van der Waals surface area contributed by atoms with Crippen LogP contribution in [0.2, 0.25) is 0 Å². The normalized spacial score (nSPS) is 11.9. The number of nitrogens with zero attached hydrogens (tertiary/aromatic N) is 2. The third-order valence-corrected chi connectivity index (χ3v) is 3.60. The Labute approximate surface area is 120 Å². The molecule has 1 heterocycles. The first kappa shape index (κ1) is 14.5. The molecule has 0 aliphatic rings. The molecule has 0 amide bonds. The molecule has 0 spiro atoms. The van der Waals surface area contributed by atoms with Crippen LogP contribution in [-0.4, -0.2) is 27.0 Å². The van der Waals surface area contributed by atoms with Gasteiger partial charge in [-0.2, -0.15) is 0 Å². The van der Waals surface area contributed by atoms with Crippen molar-refractivity contribution in [1.29, 1.82) is 0 Å². The Morgan fingerprint density at radius 2 is 2.00 bits per heavy atom. The molecule has 106 valence electrons. The Balaban J connectivity index is 1.97. The van der Waals surface area contributed by atoms with E-state index in [0.717, 1.165) is 10.5 Å². The number of hydrogen-bond acceptors (Lipinski definition) is 5. The van der Waals surface area contributed by atoms with Crippen molar-refractivity contribution in [3.63, 3.8) is 0 Å². The molecule has 0 bridgehead atoms. The first-order valence-electron chi connectivity index (χ1n) is 6.30. The molecule has 0 saturated heterocycles. The average molecular weight is 291 g/mol. The molecule has 1 N–H and O–H groups in total. The fourth-order valence-electron chi connectivity index (χ4n) is 1.65. The van der Waals surface area contributed by atoms with Crippen LogP contribution < -0.4 is 10.1 Å². The van der Waals surface area contributed by atoms with Crippen molar-refractivity contribution in [3.05, 3.63) is 42.2 Å². The molecule has 2 rings (SSSR count). The molecule has 0 saturated carbocycles. The van der Waals surface area contributed by atoms with Crippen LogP contribution in [0.4, 0.5) is 5.82 Å². The highest BCUT2D eigenvalue weighted by Gasteiger charge is 2.01. The van der Waals surface area contributed by atoms with Crippen molar-refractivity contribution < 1.29 is 8.95 Å². The maximum absolute atomic E-state index is 11.3. The molecule has 0 radical (unpaired) electrons. The van der Waals surface area contributed by atoms with Gasteiger partial charge in [-0.3, -0.25) is 4.21 Å². The number of anilines is 1. The molecular weight excluding hydrogens is 274 g/mol. The first-order valence-corrected chi connectivity index (χ1v) is 7.86. The van der Waals surface area contributed by atoms with Gasteiger partial charge in [0.2, 0.25) is 5.88 Å². The number of rotatable bonds is 6. The summed E-state index contributed by atoms with van der Waals surface area (Å²) in [5.74, 6) is 1.27. The quantitative estimate of drug-likeness (QED) is 0.884. The predicted molar refractivity (Wildman–Crippen MR) is 79.3 cm³/mol. The largest absolute Gasteiger partial charge is 0.478 e. The average Bonchev–Trinajstić information content (AvgIpc) is 2.46. The Morgan fingerprint density at radius 3 is 2.65 bits per heavy atom. The molecular formula is C14H17N3O2S. The van der Waals surface area contributed by atoms with Crippen LogP contribution in [0.3, 0.4) is 0 Å². The Hall–Kier alpha value is -1.95. The van der Waals surface area contributed by atoms with Crippen LogP contribution in [0.25, 0.3) is 0 Å². The first-order chi connectivity index (χ1) is 9.69. The lowest BCUT2D eigenvalue weighted by Gasteiger charge is -2.07. The van der Waals surface area contributed by atoms with Crippen LogP contribution in [0, 0.1) is 0 Å². The molecule has 20 heavy (non-hydrogen) atoms. The minimum absolute atomic E-state index is 0.557. The second-order valence-corrected chi connectivity index (χ2v) is 5.51. The van der Waals surface area contributed by atoms with E-state index in [2.05, 4.69) is 15.3 Å². The van der Waals surface area contributed by atoms with Crippen LogP contribution in [-0.2, 0) is 17.3 Å². The second kappa shape index (κ2) is 7.00. The summed E-state index contributed by atoms with van der Waals surface area (Å²) in [7, 11) is -0.940. The molecule has 1 atom stereocenters. The summed E-state index contributed by atoms with van der Waals surface area (Å²) >= 11 is 0. The van der Waals surface area contributed by atoms with Gasteiger partial charge in [-0.05, 0) is 24.6 Å². The van der Waals surface area contributed by atoms with E-state index >= 15 is 0 Å². The molecule has 0 aliphatic carbocycles. The smallest absolute Gasteiger partial charge is 0.218 e. The lowest BCUT2D eigenvalue weighted by molar-refractivity contribution is 0.326. The van der Waals surface area contributed by atoms with Gasteiger partial charge in [0.05, 0.1) is 6.61 Å². The van der Waals surface area contributed by atoms with Gasteiger partial charge < -0.3 is 10.1 Å². The van der Waals surface area contributed by atoms with Crippen LogP contribution in [0.15, 0.2) is 41.6 Å². The summed E-state index contributed by atoms with van der Waals surface area (Å²) in [6.07, 6.45) is 3.14. The highest BCUT2D eigenvalue weighted by Crippen LogP contribution is 2.13. The lowest BCUT2D eigenvalue weighted by atomic mass is 10.2. The zero-order valence-electron chi connectivity index (χ0n) is 11.5. The summed E-state index contributed by atoms with van der Waals surface area (Å²) in [5.41, 5.74) is 1.09. The highest BCUT2D eigenvalue weighted by molar-refractivity contribution is 7.84. The van der Waals surface area contributed by atoms with Crippen molar-refractivity contribution in [1.82, 2.24) is 9.97 Å². The van der Waals surface area contributed by atoms with Gasteiger partial charge in [-0.1, -0.05) is 12.1 Å². The topological polar surface area (TPSA) is 64.1 Å². The molecule has 0 unspecified atom stereocenters. The number of hydrogen-bond donors (Lipinski definition) is 1. The summed E-state index contributed by atoms with van der Waals surface area (Å²) in [6, 6.07) is 9.42. The van der Waals surface area contributed by atoms with E-state index in [4.69, 9.17) is 4.74 Å². The van der Waals surface area contributed by atoms with Crippen LogP contribution in [0.5, 0.6) is 5.88 Å². The van der Waals surface area contributed by atoms with Crippen molar-refractivity contribution in [2.24, 2.45) is 0 Å². The minimum Gasteiger partial charge on any atom is -0.478 e. The molecule has 0 fully saturated rings. The van der Waals surface area contributed by atoms with E-state index in [1.807, 2.05) is 31.2 Å². The number of aromatic nitrogens is 2. The van der Waals surface area contributed by atoms with Gasteiger partial charge in [-0.15, -0.1) is 0 Å². The Morgan fingerprint density at radius 1 is 1.25 bits per heavy atom. The maximum Gasteiger partial charge on any atom is 0.218 e. The molecule has 6 heteroatoms. The van der Waals surface area contributed by atoms with Gasteiger partial charge in [0.1, 0.15) is 12.1 Å². The number of benzene rings is 1. The maximum atomic E-state index is 11.3. The Bertz CT molecular complexity index is 587. The van der Waals surface area contributed by atoms with Crippen LogP contribution >= 0.6 is 0 Å². The van der Waals surface area contributed by atoms with Gasteiger partial charge in [0.15, 0.2) is 0 Å². The van der Waals surface area contributed by atoms with Crippen LogP contribution in [0.1, 0.15) is 12.5 Å². The van der Waals surface area contributed by atoms with E-state index < -0.39 is 10.8 Å². The minimum atomic E-state index is -0.940. The van der Waals surface area contributed by atoms with Crippen molar-refractivity contribution >= 4 is 16.6 Å². The zero-order valence-corrected chi connectivity index (χ0v) is 12.3. The number of ether oxygens (including phenoxy) is 1. The van der Waals surface area contributed by atoms with Crippen molar-refractivity contribution in [3.8, 4) is 5.88 Å². The van der Waals surface area contributed by atoms with E-state index in [1.165, 1.54) is 6.33 Å². The van der Waals surface area contributed by atoms with Gasteiger partial charge in [-0.25, -0.2) is 9.97 Å². The summed E-state index contributed by atoms with van der Waals surface area (Å²) in [6.45, 7) is 3.12. The third kappa shape index (κ3) is 4.03. The molecule has 1 aromatic heterocycles. The SMILES string of the molecule is CCOc1cc(NCc2ccc([S@](C)=O)cc2)ncn1.